The highest BCUT2D eigenvalue weighted by atomic mass is 16.6. The molecule has 5 amide bonds. The van der Waals surface area contributed by atoms with Crippen LogP contribution in [0, 0.1) is 11.8 Å². The summed E-state index contributed by atoms with van der Waals surface area (Å²) in [6, 6.07) is -0.708. The van der Waals surface area contributed by atoms with E-state index in [-0.39, 0.29) is 11.9 Å². The third-order valence-corrected chi connectivity index (χ3v) is 4.93. The van der Waals surface area contributed by atoms with E-state index in [1.165, 1.54) is 0 Å². The van der Waals surface area contributed by atoms with Crippen molar-refractivity contribution in [1.82, 2.24) is 15.1 Å². The second kappa shape index (κ2) is 11.7. The predicted molar refractivity (Wildman–Crippen MR) is 111 cm³/mol. The summed E-state index contributed by atoms with van der Waals surface area (Å²) in [7, 11) is 0. The van der Waals surface area contributed by atoms with Gasteiger partial charge in [0.05, 0.1) is 0 Å². The number of alkyl carbamates (subject to hydrolysis) is 1. The first-order chi connectivity index (χ1) is 13.5. The smallest absolute Gasteiger partial charge is 0.407 e. The van der Waals surface area contributed by atoms with E-state index in [1.807, 2.05) is 20.8 Å². The Morgan fingerprint density at radius 3 is 1.90 bits per heavy atom. The van der Waals surface area contributed by atoms with Crippen molar-refractivity contribution in [2.75, 3.05) is 39.3 Å². The lowest BCUT2D eigenvalue weighted by molar-refractivity contribution is 0.0511. The molecule has 2 unspecified atom stereocenters. The molecule has 0 aromatic carbocycles. The number of rotatable bonds is 3. The van der Waals surface area contributed by atoms with E-state index in [2.05, 4.69) is 5.32 Å². The van der Waals surface area contributed by atoms with Gasteiger partial charge >= 0.3 is 18.2 Å². The third kappa shape index (κ3) is 10.2. The number of carbonyl (C=O) groups excluding carboxylic acids is 3. The number of carbonyl (C=O) groups is 3. The van der Waals surface area contributed by atoms with Crippen molar-refractivity contribution in [3.8, 4) is 0 Å². The number of ether oxygens (including phenoxy) is 1. The molecule has 0 aromatic rings. The number of amides is 5. The molecule has 0 saturated carbocycles. The normalized spacial score (nSPS) is 22.2. The highest BCUT2D eigenvalue weighted by molar-refractivity contribution is 5.72. The minimum atomic E-state index is -0.490. The fraction of sp³-hybridized carbons (Fsp3) is 0.842. The van der Waals surface area contributed by atoms with Crippen LogP contribution in [0.2, 0.25) is 0 Å². The molecule has 2 heterocycles. The van der Waals surface area contributed by atoms with E-state index < -0.39 is 17.7 Å². The summed E-state index contributed by atoms with van der Waals surface area (Å²) in [5, 5.41) is 2.73. The summed E-state index contributed by atoms with van der Waals surface area (Å²) in [4.78, 5) is 36.5. The molecule has 0 aromatic heterocycles. The van der Waals surface area contributed by atoms with E-state index in [1.54, 1.807) is 9.80 Å². The Labute approximate surface area is 173 Å². The quantitative estimate of drug-likeness (QED) is 0.542. The molecule has 2 aliphatic rings. The number of piperidine rings is 2. The molecular weight excluding hydrogens is 376 g/mol. The van der Waals surface area contributed by atoms with E-state index in [4.69, 9.17) is 21.9 Å². The minimum absolute atomic E-state index is 0.249. The monoisotopic (exact) mass is 414 g/mol. The van der Waals surface area contributed by atoms with Crippen molar-refractivity contribution in [2.45, 2.75) is 52.1 Å². The molecule has 10 heteroatoms. The van der Waals surface area contributed by atoms with Gasteiger partial charge in [0.2, 0.25) is 0 Å². The molecule has 2 saturated heterocycles. The average Bonchev–Trinajstić information content (AvgIpc) is 2.66. The highest BCUT2D eigenvalue weighted by Gasteiger charge is 2.23. The van der Waals surface area contributed by atoms with Gasteiger partial charge in [0, 0.05) is 32.7 Å². The van der Waals surface area contributed by atoms with Crippen molar-refractivity contribution in [2.24, 2.45) is 29.0 Å². The minimum Gasteiger partial charge on any atom is -0.444 e. The van der Waals surface area contributed by atoms with Crippen LogP contribution in [0.25, 0.3) is 0 Å². The summed E-state index contributed by atoms with van der Waals surface area (Å²) >= 11 is 0. The number of urea groups is 2. The Balaban J connectivity index is 0.000000326. The van der Waals surface area contributed by atoms with E-state index in [9.17, 15) is 14.4 Å². The average molecular weight is 415 g/mol. The SMILES string of the molecule is CC(C)(C)OC(=O)NCC1CCCN(C(N)=O)C1.NCC1CCCN(C(N)=O)C1. The summed E-state index contributed by atoms with van der Waals surface area (Å²) in [6.07, 6.45) is 3.65. The van der Waals surface area contributed by atoms with Crippen LogP contribution < -0.4 is 22.5 Å². The molecule has 2 atom stereocenters. The van der Waals surface area contributed by atoms with Crippen molar-refractivity contribution >= 4 is 18.2 Å². The van der Waals surface area contributed by atoms with Crippen molar-refractivity contribution in [3.63, 3.8) is 0 Å². The van der Waals surface area contributed by atoms with Crippen molar-refractivity contribution in [1.29, 1.82) is 0 Å². The second-order valence-corrected chi connectivity index (χ2v) is 8.70. The summed E-state index contributed by atoms with van der Waals surface area (Å²) in [5.41, 5.74) is 15.4. The van der Waals surface area contributed by atoms with Crippen LogP contribution in [-0.2, 0) is 4.74 Å². The third-order valence-electron chi connectivity index (χ3n) is 4.93. The molecule has 29 heavy (non-hydrogen) atoms. The summed E-state index contributed by atoms with van der Waals surface area (Å²) < 4.78 is 5.15. The van der Waals surface area contributed by atoms with Gasteiger partial charge in [0.15, 0.2) is 0 Å². The molecule has 2 fully saturated rings. The first kappa shape index (κ1) is 24.8. The molecule has 0 aliphatic carbocycles. The highest BCUT2D eigenvalue weighted by Crippen LogP contribution is 2.16. The zero-order chi connectivity index (χ0) is 22.0. The molecule has 0 spiro atoms. The number of nitrogens with one attached hydrogen (secondary N) is 1. The van der Waals surface area contributed by atoms with Gasteiger partial charge in [-0.2, -0.15) is 0 Å². The first-order valence-corrected chi connectivity index (χ1v) is 10.3. The number of primary amides is 2. The number of hydrogen-bond donors (Lipinski definition) is 4. The van der Waals surface area contributed by atoms with Gasteiger partial charge in [-0.15, -0.1) is 0 Å². The molecule has 2 aliphatic heterocycles. The van der Waals surface area contributed by atoms with Gasteiger partial charge in [-0.05, 0) is 64.8 Å². The number of nitrogens with zero attached hydrogens (tertiary/aromatic N) is 2. The van der Waals surface area contributed by atoms with Crippen LogP contribution in [0.4, 0.5) is 14.4 Å². The number of nitrogens with two attached hydrogens (primary N) is 3. The van der Waals surface area contributed by atoms with Gasteiger partial charge in [0.1, 0.15) is 5.60 Å². The lowest BCUT2D eigenvalue weighted by Gasteiger charge is -2.31. The van der Waals surface area contributed by atoms with Crippen LogP contribution in [0.1, 0.15) is 46.5 Å². The maximum Gasteiger partial charge on any atom is 0.407 e. The zero-order valence-electron chi connectivity index (χ0n) is 18.0. The van der Waals surface area contributed by atoms with Gasteiger partial charge in [-0.3, -0.25) is 0 Å². The molecule has 168 valence electrons. The Hall–Kier alpha value is -2.23. The standard InChI is InChI=1S/C12H23N3O3.C7H15N3O/c1-12(2,3)18-11(17)14-7-9-5-4-6-15(8-9)10(13)16;8-4-6-2-1-3-10(5-6)7(9)11/h9H,4-8H2,1-3H3,(H2,13,16)(H,14,17);6H,1-5,8H2,(H2,9,11). The lowest BCUT2D eigenvalue weighted by atomic mass is 9.98. The lowest BCUT2D eigenvalue weighted by Crippen LogP contribution is -2.46. The molecule has 10 nitrogen and oxygen atoms in total. The summed E-state index contributed by atoms with van der Waals surface area (Å²) in [5.74, 6) is 0.704. The molecule has 0 radical (unpaired) electrons. The predicted octanol–water partition coefficient (Wildman–Crippen LogP) is 1.04. The van der Waals surface area contributed by atoms with Gasteiger partial charge in [-0.25, -0.2) is 14.4 Å². The van der Waals surface area contributed by atoms with Gasteiger partial charge in [0.25, 0.3) is 0 Å². The van der Waals surface area contributed by atoms with Crippen LogP contribution in [0.5, 0.6) is 0 Å². The van der Waals surface area contributed by atoms with E-state index in [0.29, 0.717) is 32.1 Å². The van der Waals surface area contributed by atoms with Crippen LogP contribution in [0.15, 0.2) is 0 Å². The maximum atomic E-state index is 11.5. The fourth-order valence-electron chi connectivity index (χ4n) is 3.43. The fourth-order valence-corrected chi connectivity index (χ4v) is 3.43. The van der Waals surface area contributed by atoms with Crippen molar-refractivity contribution < 1.29 is 19.1 Å². The zero-order valence-corrected chi connectivity index (χ0v) is 18.0. The summed E-state index contributed by atoms with van der Waals surface area (Å²) in [6.45, 7) is 9.48. The Kier molecular flexibility index (Phi) is 10.0. The van der Waals surface area contributed by atoms with Crippen LogP contribution >= 0.6 is 0 Å². The Morgan fingerprint density at radius 1 is 0.966 bits per heavy atom. The van der Waals surface area contributed by atoms with Crippen molar-refractivity contribution in [3.05, 3.63) is 0 Å². The second-order valence-electron chi connectivity index (χ2n) is 8.70. The van der Waals surface area contributed by atoms with E-state index >= 15 is 0 Å². The Morgan fingerprint density at radius 2 is 1.45 bits per heavy atom. The van der Waals surface area contributed by atoms with Crippen LogP contribution in [-0.4, -0.2) is 72.8 Å². The maximum absolute atomic E-state index is 11.5. The molecular formula is C19H38N6O4. The first-order valence-electron chi connectivity index (χ1n) is 10.3. The van der Waals surface area contributed by atoms with Gasteiger partial charge in [-0.1, -0.05) is 0 Å². The topological polar surface area (TPSA) is 157 Å². The number of likely N-dealkylation sites (tertiary alicyclic amines) is 2. The number of hydrogen-bond acceptors (Lipinski definition) is 5. The van der Waals surface area contributed by atoms with Gasteiger partial charge < -0.3 is 37.1 Å². The molecule has 2 rings (SSSR count). The molecule has 7 N–H and O–H groups in total. The molecule has 0 bridgehead atoms. The van der Waals surface area contributed by atoms with E-state index in [0.717, 1.165) is 38.8 Å². The Bertz CT molecular complexity index is 551. The largest absolute Gasteiger partial charge is 0.444 e. The van der Waals surface area contributed by atoms with Crippen LogP contribution in [0.3, 0.4) is 0 Å².